The molecule has 21 heavy (non-hydrogen) atoms. The van der Waals surface area contributed by atoms with E-state index in [4.69, 9.17) is 9.26 Å². The van der Waals surface area contributed by atoms with Gasteiger partial charge in [-0.15, -0.1) is 0 Å². The molecule has 1 aliphatic rings. The van der Waals surface area contributed by atoms with Crippen molar-refractivity contribution >= 4 is 0 Å². The average molecular weight is 287 g/mol. The first kappa shape index (κ1) is 14.1. The van der Waals surface area contributed by atoms with Gasteiger partial charge in [-0.1, -0.05) is 17.3 Å². The molecule has 5 heteroatoms. The van der Waals surface area contributed by atoms with E-state index in [9.17, 15) is 0 Å². The van der Waals surface area contributed by atoms with Crippen molar-refractivity contribution in [2.75, 3.05) is 7.05 Å². The van der Waals surface area contributed by atoms with Gasteiger partial charge in [-0.3, -0.25) is 0 Å². The predicted molar refractivity (Wildman–Crippen MR) is 79.3 cm³/mol. The van der Waals surface area contributed by atoms with Crippen LogP contribution in [0.5, 0.6) is 5.75 Å². The van der Waals surface area contributed by atoms with Gasteiger partial charge in [0.25, 0.3) is 0 Å². The van der Waals surface area contributed by atoms with Gasteiger partial charge >= 0.3 is 0 Å². The van der Waals surface area contributed by atoms with Gasteiger partial charge in [0.05, 0.1) is 0 Å². The van der Waals surface area contributed by atoms with Crippen LogP contribution in [0.15, 0.2) is 22.7 Å². The van der Waals surface area contributed by atoms with Gasteiger partial charge in [-0.05, 0) is 50.9 Å². The molecule has 0 spiro atoms. The summed E-state index contributed by atoms with van der Waals surface area (Å²) in [7, 11) is 1.96. The number of nitrogens with zero attached hydrogens (tertiary/aromatic N) is 2. The van der Waals surface area contributed by atoms with Crippen molar-refractivity contribution in [3.63, 3.8) is 0 Å². The molecule has 1 unspecified atom stereocenters. The van der Waals surface area contributed by atoms with Crippen LogP contribution in [0.2, 0.25) is 0 Å². The fourth-order valence-corrected chi connectivity index (χ4v) is 2.24. The highest BCUT2D eigenvalue weighted by atomic mass is 16.5. The molecule has 0 aliphatic heterocycles. The highest BCUT2D eigenvalue weighted by Gasteiger charge is 2.29. The van der Waals surface area contributed by atoms with Crippen LogP contribution in [0.3, 0.4) is 0 Å². The minimum absolute atomic E-state index is 0.330. The zero-order valence-electron chi connectivity index (χ0n) is 12.7. The maximum atomic E-state index is 5.80. The highest BCUT2D eigenvalue weighted by Crippen LogP contribution is 2.38. The molecule has 5 nitrogen and oxygen atoms in total. The Morgan fingerprint density at radius 3 is 2.90 bits per heavy atom. The Morgan fingerprint density at radius 1 is 1.43 bits per heavy atom. The van der Waals surface area contributed by atoms with Crippen molar-refractivity contribution in [2.45, 2.75) is 45.3 Å². The van der Waals surface area contributed by atoms with Crippen LogP contribution in [-0.2, 0) is 6.61 Å². The number of nitrogens with one attached hydrogen (secondary N) is 1. The third-order valence-corrected chi connectivity index (χ3v) is 3.90. The largest absolute Gasteiger partial charge is 0.485 e. The van der Waals surface area contributed by atoms with Gasteiger partial charge in [0, 0.05) is 12.0 Å². The zero-order valence-corrected chi connectivity index (χ0v) is 12.7. The van der Waals surface area contributed by atoms with Gasteiger partial charge in [-0.25, -0.2) is 0 Å². The van der Waals surface area contributed by atoms with E-state index in [0.717, 1.165) is 30.0 Å². The van der Waals surface area contributed by atoms with Crippen LogP contribution in [0, 0.1) is 6.92 Å². The molecule has 1 saturated carbocycles. The SMILES string of the molecule is CNC(C)c1ccc(OCc2noc(C3CC3)n2)c(C)c1. The summed E-state index contributed by atoms with van der Waals surface area (Å²) < 4.78 is 11.0. The smallest absolute Gasteiger partial charge is 0.229 e. The molecule has 2 aromatic rings. The first-order valence-corrected chi connectivity index (χ1v) is 7.40. The summed E-state index contributed by atoms with van der Waals surface area (Å²) in [4.78, 5) is 4.36. The summed E-state index contributed by atoms with van der Waals surface area (Å²) in [6.07, 6.45) is 2.32. The first-order chi connectivity index (χ1) is 10.2. The molecule has 112 valence electrons. The Kier molecular flexibility index (Phi) is 3.92. The van der Waals surface area contributed by atoms with Crippen molar-refractivity contribution in [3.05, 3.63) is 41.0 Å². The number of aromatic nitrogens is 2. The fraction of sp³-hybridized carbons (Fsp3) is 0.500. The molecule has 1 aliphatic carbocycles. The Hall–Kier alpha value is -1.88. The van der Waals surface area contributed by atoms with E-state index in [1.54, 1.807) is 0 Å². The molecule has 1 fully saturated rings. The topological polar surface area (TPSA) is 60.2 Å². The summed E-state index contributed by atoms with van der Waals surface area (Å²) >= 11 is 0. The first-order valence-electron chi connectivity index (χ1n) is 7.40. The number of hydrogen-bond acceptors (Lipinski definition) is 5. The molecule has 0 bridgehead atoms. The Balaban J connectivity index is 1.63. The van der Waals surface area contributed by atoms with E-state index in [2.05, 4.69) is 34.5 Å². The summed E-state index contributed by atoms with van der Waals surface area (Å²) in [5, 5.41) is 7.19. The number of hydrogen-bond donors (Lipinski definition) is 1. The monoisotopic (exact) mass is 287 g/mol. The predicted octanol–water partition coefficient (Wildman–Crippen LogP) is 3.11. The van der Waals surface area contributed by atoms with Gasteiger partial charge in [0.15, 0.2) is 6.61 Å². The van der Waals surface area contributed by atoms with E-state index in [0.29, 0.717) is 24.4 Å². The van der Waals surface area contributed by atoms with Crippen molar-refractivity contribution < 1.29 is 9.26 Å². The highest BCUT2D eigenvalue weighted by molar-refractivity contribution is 5.37. The van der Waals surface area contributed by atoms with Crippen LogP contribution < -0.4 is 10.1 Å². The maximum Gasteiger partial charge on any atom is 0.229 e. The fourth-order valence-electron chi connectivity index (χ4n) is 2.24. The molecular weight excluding hydrogens is 266 g/mol. The van der Waals surface area contributed by atoms with E-state index in [1.165, 1.54) is 5.56 Å². The Morgan fingerprint density at radius 2 is 2.24 bits per heavy atom. The van der Waals surface area contributed by atoms with E-state index in [1.807, 2.05) is 20.0 Å². The summed E-state index contributed by atoms with van der Waals surface area (Å²) in [6.45, 7) is 4.53. The average Bonchev–Trinajstić information content (AvgIpc) is 3.24. The zero-order chi connectivity index (χ0) is 14.8. The lowest BCUT2D eigenvalue weighted by Crippen LogP contribution is -2.12. The molecule has 0 saturated heterocycles. The van der Waals surface area contributed by atoms with E-state index >= 15 is 0 Å². The molecule has 1 N–H and O–H groups in total. The van der Waals surface area contributed by atoms with Crippen molar-refractivity contribution in [1.82, 2.24) is 15.5 Å². The normalized spacial score (nSPS) is 16.0. The van der Waals surface area contributed by atoms with Crippen LogP contribution in [0.1, 0.15) is 54.6 Å². The van der Waals surface area contributed by atoms with E-state index in [-0.39, 0.29) is 0 Å². The standard InChI is InChI=1S/C16H21N3O2/c1-10-8-13(11(2)17-3)6-7-14(10)20-9-15-18-16(21-19-15)12-4-5-12/h6-8,11-12,17H,4-5,9H2,1-3H3. The maximum absolute atomic E-state index is 5.80. The van der Waals surface area contributed by atoms with Gasteiger partial charge in [0.2, 0.25) is 11.7 Å². The van der Waals surface area contributed by atoms with Gasteiger partial charge in [-0.2, -0.15) is 4.98 Å². The summed E-state index contributed by atoms with van der Waals surface area (Å²) in [5.41, 5.74) is 2.36. The van der Waals surface area contributed by atoms with Crippen molar-refractivity contribution in [2.24, 2.45) is 0 Å². The van der Waals surface area contributed by atoms with Gasteiger partial charge in [0.1, 0.15) is 5.75 Å². The van der Waals surface area contributed by atoms with Crippen LogP contribution in [0.4, 0.5) is 0 Å². The lowest BCUT2D eigenvalue weighted by atomic mass is 10.1. The second kappa shape index (κ2) is 5.85. The lowest BCUT2D eigenvalue weighted by Gasteiger charge is -2.13. The number of aryl methyl sites for hydroxylation is 1. The molecule has 1 aromatic heterocycles. The van der Waals surface area contributed by atoms with Crippen molar-refractivity contribution in [1.29, 1.82) is 0 Å². The number of benzene rings is 1. The number of rotatable bonds is 6. The molecular formula is C16H21N3O2. The van der Waals surface area contributed by atoms with Gasteiger partial charge < -0.3 is 14.6 Å². The second-order valence-corrected chi connectivity index (χ2v) is 5.65. The second-order valence-electron chi connectivity index (χ2n) is 5.65. The summed E-state index contributed by atoms with van der Waals surface area (Å²) in [5.74, 6) is 2.71. The molecule has 1 aromatic carbocycles. The minimum Gasteiger partial charge on any atom is -0.485 e. The quantitative estimate of drug-likeness (QED) is 0.884. The number of ether oxygens (including phenoxy) is 1. The molecule has 0 radical (unpaired) electrons. The van der Waals surface area contributed by atoms with Crippen LogP contribution in [-0.4, -0.2) is 17.2 Å². The summed E-state index contributed by atoms with van der Waals surface area (Å²) in [6, 6.07) is 6.55. The third-order valence-electron chi connectivity index (χ3n) is 3.90. The Bertz CT molecular complexity index is 620. The lowest BCUT2D eigenvalue weighted by molar-refractivity contribution is 0.283. The minimum atomic E-state index is 0.330. The van der Waals surface area contributed by atoms with Crippen LogP contribution >= 0.6 is 0 Å². The molecule has 1 heterocycles. The van der Waals surface area contributed by atoms with Crippen LogP contribution in [0.25, 0.3) is 0 Å². The third kappa shape index (κ3) is 3.24. The van der Waals surface area contributed by atoms with E-state index < -0.39 is 0 Å². The molecule has 0 amide bonds. The van der Waals surface area contributed by atoms with Crippen molar-refractivity contribution in [3.8, 4) is 5.75 Å². The molecule has 1 atom stereocenters. The Labute approximate surface area is 124 Å². The molecule has 3 rings (SSSR count).